The van der Waals surface area contributed by atoms with E-state index in [4.69, 9.17) is 16.3 Å². The third kappa shape index (κ3) is 5.14. The van der Waals surface area contributed by atoms with Crippen molar-refractivity contribution >= 4 is 43.5 Å². The molecule has 1 aliphatic heterocycles. The highest BCUT2D eigenvalue weighted by Gasteiger charge is 2.33. The van der Waals surface area contributed by atoms with Crippen molar-refractivity contribution in [2.24, 2.45) is 0 Å². The van der Waals surface area contributed by atoms with Gasteiger partial charge >= 0.3 is 0 Å². The number of nitrogens with zero attached hydrogens (tertiary/aromatic N) is 6. The molecule has 2 aromatic heterocycles. The van der Waals surface area contributed by atoms with Gasteiger partial charge in [0, 0.05) is 50.1 Å². The van der Waals surface area contributed by atoms with Crippen LogP contribution in [0.5, 0.6) is 5.75 Å². The quantitative estimate of drug-likeness (QED) is 0.432. The van der Waals surface area contributed by atoms with Crippen LogP contribution < -0.4 is 4.74 Å². The highest BCUT2D eigenvalue weighted by Crippen LogP contribution is 2.28. The van der Waals surface area contributed by atoms with Crippen LogP contribution in [0.3, 0.4) is 0 Å². The van der Waals surface area contributed by atoms with Crippen LogP contribution in [0, 0.1) is 6.92 Å². The maximum atomic E-state index is 13.0. The fraction of sp³-hybridized carbons (Fsp3) is 0.381. The van der Waals surface area contributed by atoms with Crippen molar-refractivity contribution in [3.8, 4) is 5.75 Å². The van der Waals surface area contributed by atoms with Gasteiger partial charge in [0.25, 0.3) is 5.91 Å². The van der Waals surface area contributed by atoms with E-state index in [9.17, 15) is 13.2 Å². The predicted octanol–water partition coefficient (Wildman–Crippen LogP) is 3.01. The zero-order valence-electron chi connectivity index (χ0n) is 18.7. The number of carbonyl (C=O) groups excluding carboxylic acids is 1. The van der Waals surface area contributed by atoms with E-state index in [0.717, 1.165) is 0 Å². The van der Waals surface area contributed by atoms with Crippen molar-refractivity contribution in [2.75, 3.05) is 26.2 Å². The number of ether oxygens (including phenoxy) is 1. The Morgan fingerprint density at radius 2 is 1.88 bits per heavy atom. The van der Waals surface area contributed by atoms with E-state index in [1.165, 1.54) is 8.99 Å². The second-order valence-corrected chi connectivity index (χ2v) is 10.9. The number of hydrogen-bond donors (Lipinski definition) is 0. The Hall–Kier alpha value is -2.41. The molecule has 1 aromatic carbocycles. The SMILES string of the molecule is CCn1cc(S(=O)(=O)N2CCN(C(=O)c3ccn(COc4ccc(Cl)cc4Br)n3)CC2)c(C)n1. The van der Waals surface area contributed by atoms with Gasteiger partial charge in [0.2, 0.25) is 10.0 Å². The van der Waals surface area contributed by atoms with Gasteiger partial charge in [0.15, 0.2) is 12.4 Å². The van der Waals surface area contributed by atoms with E-state index in [2.05, 4.69) is 26.1 Å². The van der Waals surface area contributed by atoms with Crippen LogP contribution in [0.2, 0.25) is 5.02 Å². The number of amides is 1. The first-order chi connectivity index (χ1) is 16.2. The Bertz CT molecular complexity index is 1300. The fourth-order valence-electron chi connectivity index (χ4n) is 3.62. The number of halogens is 2. The molecule has 0 saturated carbocycles. The van der Waals surface area contributed by atoms with Gasteiger partial charge in [-0.3, -0.25) is 9.48 Å². The summed E-state index contributed by atoms with van der Waals surface area (Å²) in [5.41, 5.74) is 0.744. The van der Waals surface area contributed by atoms with Crippen LogP contribution in [0.25, 0.3) is 0 Å². The summed E-state index contributed by atoms with van der Waals surface area (Å²) in [6.45, 7) is 5.26. The molecule has 0 radical (unpaired) electrons. The van der Waals surface area contributed by atoms with Gasteiger partial charge in [-0.2, -0.15) is 14.5 Å². The number of piperazine rings is 1. The van der Waals surface area contributed by atoms with Gasteiger partial charge in [0.05, 0.1) is 10.2 Å². The number of rotatable bonds is 7. The topological polar surface area (TPSA) is 103 Å². The fourth-order valence-corrected chi connectivity index (χ4v) is 6.01. The number of hydrogen-bond acceptors (Lipinski definition) is 6. The standard InChI is InChI=1S/C21H24BrClN6O4S/c1-3-27-13-20(15(2)24-27)34(31,32)29-10-8-26(9-11-29)21(30)18-6-7-28(25-18)14-33-19-5-4-16(23)12-17(19)22/h4-7,12-13H,3,8-11,14H2,1-2H3. The smallest absolute Gasteiger partial charge is 0.274 e. The molecular weight excluding hydrogens is 548 g/mol. The lowest BCUT2D eigenvalue weighted by Gasteiger charge is -2.33. The molecular formula is C21H24BrClN6O4S. The van der Waals surface area contributed by atoms with Crippen molar-refractivity contribution in [1.82, 2.24) is 28.8 Å². The summed E-state index contributed by atoms with van der Waals surface area (Å²) in [6.07, 6.45) is 3.21. The van der Waals surface area contributed by atoms with Crippen LogP contribution in [0.15, 0.2) is 46.0 Å². The third-order valence-corrected chi connectivity index (χ3v) is 8.33. The highest BCUT2D eigenvalue weighted by molar-refractivity contribution is 9.10. The number of sulfonamides is 1. The van der Waals surface area contributed by atoms with E-state index in [1.807, 2.05) is 6.92 Å². The first kappa shape index (κ1) is 24.7. The van der Waals surface area contributed by atoms with Crippen LogP contribution in [0.4, 0.5) is 0 Å². The van der Waals surface area contributed by atoms with Crippen molar-refractivity contribution in [1.29, 1.82) is 0 Å². The molecule has 1 aliphatic rings. The van der Waals surface area contributed by atoms with E-state index < -0.39 is 10.0 Å². The van der Waals surface area contributed by atoms with E-state index in [-0.39, 0.29) is 49.4 Å². The average Bonchev–Trinajstić information content (AvgIpc) is 3.45. The Balaban J connectivity index is 1.35. The van der Waals surface area contributed by atoms with Crippen LogP contribution in [-0.2, 0) is 23.3 Å². The largest absolute Gasteiger partial charge is 0.470 e. The molecule has 182 valence electrons. The number of benzene rings is 1. The molecule has 1 fully saturated rings. The third-order valence-electron chi connectivity index (χ3n) is 5.48. The first-order valence-corrected chi connectivity index (χ1v) is 13.2. The van der Waals surface area contributed by atoms with Crippen molar-refractivity contribution in [2.45, 2.75) is 32.0 Å². The second kappa shape index (κ2) is 10.1. The van der Waals surface area contributed by atoms with Gasteiger partial charge in [-0.1, -0.05) is 11.6 Å². The van der Waals surface area contributed by atoms with Gasteiger partial charge in [-0.25, -0.2) is 13.1 Å². The predicted molar refractivity (Wildman–Crippen MR) is 129 cm³/mol. The summed E-state index contributed by atoms with van der Waals surface area (Å²) < 4.78 is 37.1. The summed E-state index contributed by atoms with van der Waals surface area (Å²) in [5, 5.41) is 9.13. The van der Waals surface area contributed by atoms with Crippen molar-refractivity contribution in [3.63, 3.8) is 0 Å². The summed E-state index contributed by atoms with van der Waals surface area (Å²) in [6, 6.07) is 6.81. The number of carbonyl (C=O) groups is 1. The van der Waals surface area contributed by atoms with Crippen LogP contribution in [0.1, 0.15) is 23.1 Å². The molecule has 34 heavy (non-hydrogen) atoms. The molecule has 0 atom stereocenters. The summed E-state index contributed by atoms with van der Waals surface area (Å²) in [7, 11) is -3.67. The molecule has 4 rings (SSSR count). The monoisotopic (exact) mass is 570 g/mol. The molecule has 0 spiro atoms. The normalized spacial score (nSPS) is 15.0. The molecule has 1 amide bonds. The van der Waals surface area contributed by atoms with Crippen molar-refractivity contribution < 1.29 is 17.9 Å². The zero-order chi connectivity index (χ0) is 24.5. The van der Waals surface area contributed by atoms with Crippen LogP contribution >= 0.6 is 27.5 Å². The Morgan fingerprint density at radius 1 is 1.15 bits per heavy atom. The lowest BCUT2D eigenvalue weighted by molar-refractivity contribution is 0.0690. The minimum atomic E-state index is -3.67. The molecule has 0 N–H and O–H groups in total. The Labute approximate surface area is 211 Å². The summed E-state index contributed by atoms with van der Waals surface area (Å²) in [5.74, 6) is 0.350. The minimum Gasteiger partial charge on any atom is -0.470 e. The Morgan fingerprint density at radius 3 is 2.53 bits per heavy atom. The molecule has 10 nitrogen and oxygen atoms in total. The van der Waals surface area contributed by atoms with Crippen molar-refractivity contribution in [3.05, 3.63) is 57.5 Å². The Kier molecular flexibility index (Phi) is 7.31. The second-order valence-electron chi connectivity index (χ2n) is 7.72. The van der Waals surface area contributed by atoms with Gasteiger partial charge < -0.3 is 9.64 Å². The molecule has 13 heteroatoms. The molecule has 3 heterocycles. The van der Waals surface area contributed by atoms with E-state index in [0.29, 0.717) is 27.5 Å². The maximum absolute atomic E-state index is 13.0. The summed E-state index contributed by atoms with van der Waals surface area (Å²) >= 11 is 9.33. The highest BCUT2D eigenvalue weighted by atomic mass is 79.9. The zero-order valence-corrected chi connectivity index (χ0v) is 21.8. The molecule has 3 aromatic rings. The van der Waals surface area contributed by atoms with Gasteiger partial charge in [-0.15, -0.1) is 0 Å². The molecule has 0 aliphatic carbocycles. The number of aromatic nitrogens is 4. The molecule has 0 bridgehead atoms. The van der Waals surface area contributed by atoms with Gasteiger partial charge in [0.1, 0.15) is 10.6 Å². The molecule has 1 saturated heterocycles. The first-order valence-electron chi connectivity index (χ1n) is 10.6. The molecule has 0 unspecified atom stereocenters. The summed E-state index contributed by atoms with van der Waals surface area (Å²) in [4.78, 5) is 14.7. The lowest BCUT2D eigenvalue weighted by atomic mass is 10.3. The lowest BCUT2D eigenvalue weighted by Crippen LogP contribution is -2.50. The average molecular weight is 572 g/mol. The van der Waals surface area contributed by atoms with E-state index >= 15 is 0 Å². The number of aryl methyl sites for hydroxylation is 2. The van der Waals surface area contributed by atoms with E-state index in [1.54, 1.807) is 53.2 Å². The minimum absolute atomic E-state index is 0.115. The van der Waals surface area contributed by atoms with Gasteiger partial charge in [-0.05, 0) is 54.0 Å². The maximum Gasteiger partial charge on any atom is 0.274 e. The van der Waals surface area contributed by atoms with Crippen LogP contribution in [-0.4, -0.2) is 69.3 Å².